The minimum Gasteiger partial charge on any atom is -0.375 e. The molecule has 0 bridgehead atoms. The summed E-state index contributed by atoms with van der Waals surface area (Å²) in [6, 6.07) is 4.51. The van der Waals surface area contributed by atoms with E-state index in [2.05, 4.69) is 29.0 Å². The average molecular weight is 330 g/mol. The van der Waals surface area contributed by atoms with E-state index in [4.69, 9.17) is 4.74 Å². The molecule has 0 spiro atoms. The van der Waals surface area contributed by atoms with Crippen LogP contribution < -0.4 is 5.32 Å². The third-order valence-corrected chi connectivity index (χ3v) is 4.51. The number of pyridine rings is 1. The van der Waals surface area contributed by atoms with Crippen molar-refractivity contribution in [2.75, 3.05) is 19.7 Å². The molecule has 24 heavy (non-hydrogen) atoms. The molecule has 3 rings (SSSR count). The van der Waals surface area contributed by atoms with Gasteiger partial charge in [0.25, 0.3) is 0 Å². The lowest BCUT2D eigenvalue weighted by atomic mass is 10.1. The highest BCUT2D eigenvalue weighted by Gasteiger charge is 2.24. The quantitative estimate of drug-likeness (QED) is 0.907. The zero-order chi connectivity index (χ0) is 17.1. The number of rotatable bonds is 5. The first kappa shape index (κ1) is 16.9. The molecule has 1 atom stereocenters. The van der Waals surface area contributed by atoms with Crippen molar-refractivity contribution in [3.05, 3.63) is 35.8 Å². The maximum atomic E-state index is 12.2. The van der Waals surface area contributed by atoms with Gasteiger partial charge < -0.3 is 14.5 Å². The zero-order valence-electron chi connectivity index (χ0n) is 14.7. The Morgan fingerprint density at radius 2 is 2.33 bits per heavy atom. The fourth-order valence-corrected chi connectivity index (χ4v) is 3.09. The molecule has 1 saturated heterocycles. The second-order valence-corrected chi connectivity index (χ2v) is 6.72. The zero-order valence-corrected chi connectivity index (χ0v) is 14.7. The third kappa shape index (κ3) is 3.94. The third-order valence-electron chi connectivity index (χ3n) is 4.51. The first-order valence-electron chi connectivity index (χ1n) is 8.58. The Morgan fingerprint density at radius 1 is 1.50 bits per heavy atom. The first-order valence-corrected chi connectivity index (χ1v) is 8.58. The van der Waals surface area contributed by atoms with Crippen molar-refractivity contribution in [1.29, 1.82) is 0 Å². The lowest BCUT2D eigenvalue weighted by Crippen LogP contribution is -2.47. The fraction of sp³-hybridized carbons (Fsp3) is 0.556. The SMILES string of the molecule is Cc1cccn2cc(CNC(=O)C[C@@H]3CN(C(C)C)CCO3)nc12. The van der Waals surface area contributed by atoms with Crippen molar-refractivity contribution >= 4 is 11.6 Å². The molecule has 1 N–H and O–H groups in total. The topological polar surface area (TPSA) is 58.9 Å². The molecule has 1 aliphatic rings. The van der Waals surface area contributed by atoms with E-state index in [9.17, 15) is 4.79 Å². The summed E-state index contributed by atoms with van der Waals surface area (Å²) in [6.07, 6.45) is 4.30. The van der Waals surface area contributed by atoms with E-state index in [1.165, 1.54) is 0 Å². The van der Waals surface area contributed by atoms with Gasteiger partial charge >= 0.3 is 0 Å². The standard InChI is InChI=1S/C18H26N4O2/c1-13(2)21-7-8-24-16(12-21)9-17(23)19-10-15-11-22-6-4-5-14(3)18(22)20-15/h4-6,11,13,16H,7-10,12H2,1-3H3,(H,19,23)/t16-/m1/s1. The number of carbonyl (C=O) groups excluding carboxylic acids is 1. The number of hydrogen-bond acceptors (Lipinski definition) is 4. The Bertz CT molecular complexity index is 710. The van der Waals surface area contributed by atoms with Gasteiger partial charge in [-0.2, -0.15) is 0 Å². The van der Waals surface area contributed by atoms with Crippen molar-refractivity contribution in [2.45, 2.75) is 45.9 Å². The molecular weight excluding hydrogens is 304 g/mol. The van der Waals surface area contributed by atoms with E-state index >= 15 is 0 Å². The lowest BCUT2D eigenvalue weighted by molar-refractivity contribution is -0.126. The highest BCUT2D eigenvalue weighted by molar-refractivity contribution is 5.76. The van der Waals surface area contributed by atoms with Crippen LogP contribution in [0.1, 0.15) is 31.5 Å². The minimum atomic E-state index is -0.0236. The van der Waals surface area contributed by atoms with Crippen molar-refractivity contribution in [1.82, 2.24) is 19.6 Å². The van der Waals surface area contributed by atoms with Gasteiger partial charge in [0, 0.05) is 31.5 Å². The fourth-order valence-electron chi connectivity index (χ4n) is 3.09. The van der Waals surface area contributed by atoms with E-state index in [1.54, 1.807) is 0 Å². The molecule has 1 aliphatic heterocycles. The average Bonchev–Trinajstić information content (AvgIpc) is 2.98. The largest absolute Gasteiger partial charge is 0.375 e. The summed E-state index contributed by atoms with van der Waals surface area (Å²) in [6.45, 7) is 9.28. The number of imidazole rings is 1. The Hall–Kier alpha value is -1.92. The van der Waals surface area contributed by atoms with Crippen LogP contribution in [0.15, 0.2) is 24.5 Å². The van der Waals surface area contributed by atoms with Crippen LogP contribution in [0.3, 0.4) is 0 Å². The smallest absolute Gasteiger partial charge is 0.222 e. The molecular formula is C18H26N4O2. The van der Waals surface area contributed by atoms with Gasteiger partial charge in [-0.3, -0.25) is 9.69 Å². The lowest BCUT2D eigenvalue weighted by Gasteiger charge is -2.35. The number of aryl methyl sites for hydroxylation is 1. The Balaban J connectivity index is 1.52. The summed E-state index contributed by atoms with van der Waals surface area (Å²) in [5, 5.41) is 2.96. The van der Waals surface area contributed by atoms with Gasteiger partial charge in [0.2, 0.25) is 5.91 Å². The minimum absolute atomic E-state index is 0.0133. The molecule has 3 heterocycles. The van der Waals surface area contributed by atoms with Crippen LogP contribution in [0.25, 0.3) is 5.65 Å². The summed E-state index contributed by atoms with van der Waals surface area (Å²) >= 11 is 0. The number of fused-ring (bicyclic) bond motifs is 1. The number of morpholine rings is 1. The molecule has 2 aromatic heterocycles. The predicted octanol–water partition coefficient (Wildman–Crippen LogP) is 1.76. The van der Waals surface area contributed by atoms with Gasteiger partial charge in [0.05, 0.1) is 31.4 Å². The summed E-state index contributed by atoms with van der Waals surface area (Å²) in [5.74, 6) is 0.0133. The summed E-state index contributed by atoms with van der Waals surface area (Å²) in [5.41, 5.74) is 2.93. The van der Waals surface area contributed by atoms with Gasteiger partial charge in [0.1, 0.15) is 5.65 Å². The maximum Gasteiger partial charge on any atom is 0.222 e. The molecule has 0 aromatic carbocycles. The number of nitrogens with one attached hydrogen (secondary N) is 1. The first-order chi connectivity index (χ1) is 11.5. The second-order valence-electron chi connectivity index (χ2n) is 6.72. The summed E-state index contributed by atoms with van der Waals surface area (Å²) < 4.78 is 7.71. The number of ether oxygens (including phenoxy) is 1. The number of aromatic nitrogens is 2. The van der Waals surface area contributed by atoms with Crippen molar-refractivity contribution < 1.29 is 9.53 Å². The molecule has 0 aliphatic carbocycles. The molecule has 0 saturated carbocycles. The summed E-state index contributed by atoms with van der Waals surface area (Å²) in [4.78, 5) is 19.1. The normalized spacial score (nSPS) is 19.1. The Morgan fingerprint density at radius 3 is 3.08 bits per heavy atom. The molecule has 2 aromatic rings. The van der Waals surface area contributed by atoms with E-state index in [1.807, 2.05) is 35.9 Å². The van der Waals surface area contributed by atoms with Crippen molar-refractivity contribution in [3.63, 3.8) is 0 Å². The number of nitrogens with zero attached hydrogens (tertiary/aromatic N) is 3. The maximum absolute atomic E-state index is 12.2. The van der Waals surface area contributed by atoms with Crippen LogP contribution in [0.2, 0.25) is 0 Å². The highest BCUT2D eigenvalue weighted by Crippen LogP contribution is 2.12. The van der Waals surface area contributed by atoms with Crippen molar-refractivity contribution in [2.24, 2.45) is 0 Å². The Kier molecular flexibility index (Phi) is 5.16. The van der Waals surface area contributed by atoms with Gasteiger partial charge in [-0.15, -0.1) is 0 Å². The van der Waals surface area contributed by atoms with E-state index in [-0.39, 0.29) is 12.0 Å². The van der Waals surface area contributed by atoms with Crippen LogP contribution in [0.4, 0.5) is 0 Å². The molecule has 1 amide bonds. The van der Waals surface area contributed by atoms with Crippen LogP contribution in [0, 0.1) is 6.92 Å². The van der Waals surface area contributed by atoms with Crippen LogP contribution in [-0.2, 0) is 16.1 Å². The molecule has 1 fully saturated rings. The second kappa shape index (κ2) is 7.32. The van der Waals surface area contributed by atoms with Gasteiger partial charge in [-0.05, 0) is 32.4 Å². The number of amides is 1. The molecule has 6 heteroatoms. The molecule has 0 radical (unpaired) electrons. The van der Waals surface area contributed by atoms with E-state index in [0.29, 0.717) is 25.6 Å². The van der Waals surface area contributed by atoms with Gasteiger partial charge in [0.15, 0.2) is 0 Å². The van der Waals surface area contributed by atoms with Gasteiger partial charge in [-0.1, -0.05) is 6.07 Å². The predicted molar refractivity (Wildman–Crippen MR) is 92.8 cm³/mol. The number of carbonyl (C=O) groups is 1. The van der Waals surface area contributed by atoms with Crippen molar-refractivity contribution in [3.8, 4) is 0 Å². The molecule has 6 nitrogen and oxygen atoms in total. The van der Waals surface area contributed by atoms with E-state index < -0.39 is 0 Å². The Labute approximate surface area is 142 Å². The highest BCUT2D eigenvalue weighted by atomic mass is 16.5. The monoisotopic (exact) mass is 330 g/mol. The van der Waals surface area contributed by atoms with E-state index in [0.717, 1.165) is 30.0 Å². The van der Waals surface area contributed by atoms with Crippen LogP contribution >= 0.6 is 0 Å². The molecule has 0 unspecified atom stereocenters. The summed E-state index contributed by atoms with van der Waals surface area (Å²) in [7, 11) is 0. The van der Waals surface area contributed by atoms with Crippen LogP contribution in [-0.4, -0.2) is 52.0 Å². The number of hydrogen-bond donors (Lipinski definition) is 1. The van der Waals surface area contributed by atoms with Crippen LogP contribution in [0.5, 0.6) is 0 Å². The van der Waals surface area contributed by atoms with Gasteiger partial charge in [-0.25, -0.2) is 4.98 Å². The molecule has 130 valence electrons.